The van der Waals surface area contributed by atoms with E-state index in [2.05, 4.69) is 26.1 Å². The van der Waals surface area contributed by atoms with Crippen molar-refractivity contribution < 1.29 is 9.84 Å². The van der Waals surface area contributed by atoms with Crippen LogP contribution in [-0.2, 0) is 0 Å². The molecule has 0 aliphatic carbocycles. The van der Waals surface area contributed by atoms with Crippen LogP contribution in [0, 0.1) is 11.3 Å². The number of para-hydroxylation sites is 2. The molecule has 132 valence electrons. The number of nitrogens with zero attached hydrogens (tertiary/aromatic N) is 6. The molecule has 0 amide bonds. The zero-order valence-electron chi connectivity index (χ0n) is 14.3. The average Bonchev–Trinajstić information content (AvgIpc) is 3.08. The van der Waals surface area contributed by atoms with Gasteiger partial charge in [-0.3, -0.25) is 4.90 Å². The molecule has 0 saturated carbocycles. The van der Waals surface area contributed by atoms with E-state index in [1.54, 1.807) is 0 Å². The average molecular weight is 342 g/mol. The number of hydrogen-bond donors (Lipinski definition) is 1. The first-order valence-corrected chi connectivity index (χ1v) is 8.44. The zero-order chi connectivity index (χ0) is 17.6. The van der Waals surface area contributed by atoms with E-state index < -0.39 is 0 Å². The largest absolute Gasteiger partial charge is 0.492 e. The summed E-state index contributed by atoms with van der Waals surface area (Å²) in [5.41, 5.74) is 1.02. The van der Waals surface area contributed by atoms with Crippen LogP contribution in [-0.4, -0.2) is 70.9 Å². The molecule has 8 heteroatoms. The van der Waals surface area contributed by atoms with Crippen LogP contribution < -0.4 is 9.64 Å². The molecule has 0 bridgehead atoms. The third-order valence-electron chi connectivity index (χ3n) is 4.17. The highest BCUT2D eigenvalue weighted by atomic mass is 16.5. The van der Waals surface area contributed by atoms with Gasteiger partial charge in [-0.05, 0) is 19.1 Å². The van der Waals surface area contributed by atoms with Crippen molar-refractivity contribution in [2.45, 2.75) is 6.92 Å². The maximum Gasteiger partial charge on any atom is 0.207 e. The van der Waals surface area contributed by atoms with Crippen LogP contribution >= 0.6 is 0 Å². The number of aromatic nitrogens is 3. The number of piperazine rings is 1. The van der Waals surface area contributed by atoms with Crippen molar-refractivity contribution in [2.24, 2.45) is 0 Å². The van der Waals surface area contributed by atoms with E-state index in [0.29, 0.717) is 36.1 Å². The second-order valence-electron chi connectivity index (χ2n) is 5.73. The molecular weight excluding hydrogens is 320 g/mol. The molecule has 1 aromatic carbocycles. The minimum atomic E-state index is 0.161. The van der Waals surface area contributed by atoms with Crippen molar-refractivity contribution in [1.82, 2.24) is 19.9 Å². The molecule has 2 aromatic rings. The molecule has 25 heavy (non-hydrogen) atoms. The molecular formula is C17H22N6O2. The summed E-state index contributed by atoms with van der Waals surface area (Å²) in [6.07, 6.45) is 0. The quantitative estimate of drug-likeness (QED) is 0.824. The van der Waals surface area contributed by atoms with Gasteiger partial charge in [-0.15, -0.1) is 15.0 Å². The lowest BCUT2D eigenvalue weighted by Crippen LogP contribution is -2.47. The van der Waals surface area contributed by atoms with Crippen LogP contribution in [0.4, 0.5) is 5.82 Å². The summed E-state index contributed by atoms with van der Waals surface area (Å²) in [4.78, 5) is 5.73. The van der Waals surface area contributed by atoms with Gasteiger partial charge in [-0.25, -0.2) is 0 Å². The molecule has 0 spiro atoms. The summed E-state index contributed by atoms with van der Waals surface area (Å²) in [6.45, 7) is 6.46. The summed E-state index contributed by atoms with van der Waals surface area (Å²) < 4.78 is 5.63. The molecule has 0 unspecified atom stereocenters. The van der Waals surface area contributed by atoms with E-state index >= 15 is 0 Å². The highest BCUT2D eigenvalue weighted by molar-refractivity contribution is 5.52. The van der Waals surface area contributed by atoms with Gasteiger partial charge in [0.15, 0.2) is 5.82 Å². The third kappa shape index (κ3) is 3.73. The van der Waals surface area contributed by atoms with Gasteiger partial charge in [0.25, 0.3) is 0 Å². The number of anilines is 1. The molecule has 1 fully saturated rings. The third-order valence-corrected chi connectivity index (χ3v) is 4.17. The first-order valence-electron chi connectivity index (χ1n) is 8.44. The Hall–Kier alpha value is -2.63. The van der Waals surface area contributed by atoms with Gasteiger partial charge >= 0.3 is 0 Å². The van der Waals surface area contributed by atoms with E-state index in [0.717, 1.165) is 26.2 Å². The van der Waals surface area contributed by atoms with Crippen molar-refractivity contribution in [3.05, 3.63) is 30.0 Å². The monoisotopic (exact) mass is 342 g/mol. The Labute approximate surface area is 146 Å². The number of hydrogen-bond acceptors (Lipinski definition) is 7. The molecule has 1 saturated heterocycles. The molecule has 8 nitrogen and oxygen atoms in total. The molecule has 2 heterocycles. The maximum atomic E-state index is 9.45. The highest BCUT2D eigenvalue weighted by Crippen LogP contribution is 2.24. The van der Waals surface area contributed by atoms with Gasteiger partial charge in [-0.1, -0.05) is 12.1 Å². The number of aliphatic hydroxyl groups is 1. The Bertz CT molecular complexity index is 746. The predicted molar refractivity (Wildman–Crippen MR) is 93.0 cm³/mol. The second kappa shape index (κ2) is 7.96. The first kappa shape index (κ1) is 17.2. The number of rotatable bonds is 6. The number of aliphatic hydroxyl groups excluding tert-OH is 1. The number of ether oxygens (including phenoxy) is 1. The molecule has 3 rings (SSSR count). The van der Waals surface area contributed by atoms with Gasteiger partial charge in [0.2, 0.25) is 5.69 Å². The van der Waals surface area contributed by atoms with E-state index in [-0.39, 0.29) is 6.61 Å². The number of β-amino-alcohol motifs (C(OH)–C–C–N with tert-alkyl or cyclic N) is 1. The lowest BCUT2D eigenvalue weighted by molar-refractivity contribution is 0.188. The molecule has 1 aliphatic rings. The summed E-state index contributed by atoms with van der Waals surface area (Å²) in [6, 6.07) is 9.66. The summed E-state index contributed by atoms with van der Waals surface area (Å²) in [7, 11) is 0. The fourth-order valence-electron chi connectivity index (χ4n) is 2.92. The van der Waals surface area contributed by atoms with E-state index in [1.165, 1.54) is 4.80 Å². The SMILES string of the molecule is CCOc1ccccc1-n1nc(C#N)c(N2CCN(CCO)CC2)n1. The number of benzene rings is 1. The second-order valence-corrected chi connectivity index (χ2v) is 5.73. The molecule has 1 N–H and O–H groups in total. The predicted octanol–water partition coefficient (Wildman–Crippen LogP) is 0.652. The van der Waals surface area contributed by atoms with E-state index in [9.17, 15) is 5.26 Å². The van der Waals surface area contributed by atoms with Gasteiger partial charge in [0.1, 0.15) is 17.5 Å². The smallest absolute Gasteiger partial charge is 0.207 e. The Balaban J connectivity index is 1.85. The lowest BCUT2D eigenvalue weighted by atomic mass is 10.3. The molecule has 1 aromatic heterocycles. The molecule has 0 atom stereocenters. The van der Waals surface area contributed by atoms with Crippen LogP contribution in [0.2, 0.25) is 0 Å². The Morgan fingerprint density at radius 2 is 1.96 bits per heavy atom. The zero-order valence-corrected chi connectivity index (χ0v) is 14.3. The van der Waals surface area contributed by atoms with Crippen molar-refractivity contribution >= 4 is 5.82 Å². The van der Waals surface area contributed by atoms with E-state index in [1.807, 2.05) is 31.2 Å². The minimum Gasteiger partial charge on any atom is -0.492 e. The van der Waals surface area contributed by atoms with Crippen molar-refractivity contribution in [1.29, 1.82) is 5.26 Å². The van der Waals surface area contributed by atoms with Crippen molar-refractivity contribution in [3.8, 4) is 17.5 Å². The summed E-state index contributed by atoms with van der Waals surface area (Å²) in [5, 5.41) is 27.4. The van der Waals surface area contributed by atoms with Crippen LogP contribution in [0.3, 0.4) is 0 Å². The molecule has 0 radical (unpaired) electrons. The van der Waals surface area contributed by atoms with Crippen molar-refractivity contribution in [2.75, 3.05) is 50.8 Å². The maximum absolute atomic E-state index is 9.45. The Kier molecular flexibility index (Phi) is 5.48. The van der Waals surface area contributed by atoms with E-state index in [4.69, 9.17) is 9.84 Å². The number of nitriles is 1. The van der Waals surface area contributed by atoms with Crippen molar-refractivity contribution in [3.63, 3.8) is 0 Å². The Morgan fingerprint density at radius 1 is 1.20 bits per heavy atom. The van der Waals surface area contributed by atoms with Gasteiger partial charge < -0.3 is 14.7 Å². The standard InChI is InChI=1S/C17H22N6O2/c1-2-25-16-6-4-3-5-15(16)23-19-14(13-18)17(20-23)22-9-7-21(8-10-22)11-12-24/h3-6,24H,2,7-12H2,1H3. The highest BCUT2D eigenvalue weighted by Gasteiger charge is 2.23. The minimum absolute atomic E-state index is 0.161. The van der Waals surface area contributed by atoms with Crippen LogP contribution in [0.1, 0.15) is 12.6 Å². The fourth-order valence-corrected chi connectivity index (χ4v) is 2.92. The normalized spacial score (nSPS) is 15.2. The summed E-state index contributed by atoms with van der Waals surface area (Å²) >= 11 is 0. The Morgan fingerprint density at radius 3 is 2.64 bits per heavy atom. The van der Waals surface area contributed by atoms with Gasteiger partial charge in [0.05, 0.1) is 13.2 Å². The van der Waals surface area contributed by atoms with Gasteiger partial charge in [0, 0.05) is 32.7 Å². The fraction of sp³-hybridized carbons (Fsp3) is 0.471. The first-order chi connectivity index (χ1) is 12.3. The topological polar surface area (TPSA) is 90.4 Å². The molecule has 1 aliphatic heterocycles. The summed E-state index contributed by atoms with van der Waals surface area (Å²) in [5.74, 6) is 1.28. The lowest BCUT2D eigenvalue weighted by Gasteiger charge is -2.34. The van der Waals surface area contributed by atoms with Gasteiger partial charge in [-0.2, -0.15) is 5.26 Å². The van der Waals surface area contributed by atoms with Crippen LogP contribution in [0.25, 0.3) is 5.69 Å². The van der Waals surface area contributed by atoms with Crippen LogP contribution in [0.15, 0.2) is 24.3 Å². The van der Waals surface area contributed by atoms with Crippen LogP contribution in [0.5, 0.6) is 5.75 Å².